The van der Waals surface area contributed by atoms with Gasteiger partial charge in [0.25, 0.3) is 5.88 Å². The zero-order valence-corrected chi connectivity index (χ0v) is 24.9. The van der Waals surface area contributed by atoms with Gasteiger partial charge < -0.3 is 28.6 Å². The van der Waals surface area contributed by atoms with Crippen molar-refractivity contribution in [3.63, 3.8) is 0 Å². The van der Waals surface area contributed by atoms with E-state index in [9.17, 15) is 23.9 Å². The molecular weight excluding hydrogens is 601 g/mol. The number of nitrogens with zero attached hydrogens (tertiary/aromatic N) is 2. The van der Waals surface area contributed by atoms with E-state index in [1.165, 1.54) is 43.3 Å². The van der Waals surface area contributed by atoms with Gasteiger partial charge in [-0.2, -0.15) is 0 Å². The highest BCUT2D eigenvalue weighted by atomic mass is 35.5. The van der Waals surface area contributed by atoms with E-state index >= 15 is 0 Å². The number of aliphatic hydroxyl groups is 1. The van der Waals surface area contributed by atoms with Crippen LogP contribution in [0.5, 0.6) is 5.88 Å². The maximum absolute atomic E-state index is 14.3. The van der Waals surface area contributed by atoms with Gasteiger partial charge in [-0.25, -0.2) is 19.0 Å². The van der Waals surface area contributed by atoms with Crippen LogP contribution in [0, 0.1) is 5.82 Å². The largest absolute Gasteiger partial charge is 0.511 e. The summed E-state index contributed by atoms with van der Waals surface area (Å²) < 4.78 is 39.6. The Morgan fingerprint density at radius 1 is 1.11 bits per heavy atom. The summed E-state index contributed by atoms with van der Waals surface area (Å²) in [6.45, 7) is 0.882. The van der Waals surface area contributed by atoms with E-state index in [2.05, 4.69) is 10.6 Å². The van der Waals surface area contributed by atoms with E-state index < -0.39 is 42.8 Å². The maximum atomic E-state index is 14.3. The van der Waals surface area contributed by atoms with Crippen molar-refractivity contribution >= 4 is 29.6 Å². The van der Waals surface area contributed by atoms with Gasteiger partial charge in [0.2, 0.25) is 12.1 Å². The zero-order chi connectivity index (χ0) is 31.6. The number of ether oxygens (including phenoxy) is 4. The third-order valence-corrected chi connectivity index (χ3v) is 7.01. The summed E-state index contributed by atoms with van der Waals surface area (Å²) in [5.74, 6) is -2.39. The van der Waals surface area contributed by atoms with E-state index in [-0.39, 0.29) is 24.3 Å². The Labute approximate surface area is 257 Å². The van der Waals surface area contributed by atoms with Crippen molar-refractivity contribution in [1.29, 1.82) is 0 Å². The van der Waals surface area contributed by atoms with Crippen LogP contribution in [0.15, 0.2) is 53.1 Å². The molecule has 1 fully saturated rings. The third kappa shape index (κ3) is 9.40. The number of amides is 1. The maximum Gasteiger partial charge on any atom is 0.511 e. The monoisotopic (exact) mass is 633 g/mol. The average Bonchev–Trinajstić information content (AvgIpc) is 3.49. The van der Waals surface area contributed by atoms with Crippen LogP contribution < -0.4 is 10.2 Å². The smallest absolute Gasteiger partial charge is 0.479 e. The Bertz CT molecular complexity index is 1430. The minimum absolute atomic E-state index is 0.000567. The topological polar surface area (TPSA) is 150 Å². The van der Waals surface area contributed by atoms with Crippen LogP contribution in [0.4, 0.5) is 9.18 Å². The molecule has 2 N–H and O–H groups in total. The van der Waals surface area contributed by atoms with Crippen LogP contribution in [0.1, 0.15) is 55.1 Å². The van der Waals surface area contributed by atoms with E-state index in [1.807, 2.05) is 0 Å². The zero-order valence-electron chi connectivity index (χ0n) is 24.2. The van der Waals surface area contributed by atoms with Crippen molar-refractivity contribution in [2.75, 3.05) is 13.7 Å². The predicted octanol–water partition coefficient (Wildman–Crippen LogP) is 5.03. The summed E-state index contributed by atoms with van der Waals surface area (Å²) in [5.41, 5.74) is 4.07. The lowest BCUT2D eigenvalue weighted by molar-refractivity contribution is -0.179. The summed E-state index contributed by atoms with van der Waals surface area (Å²) >= 11 is 6.02. The highest BCUT2D eigenvalue weighted by Gasteiger charge is 2.27. The average molecular weight is 634 g/mol. The molecule has 12 nitrogen and oxygen atoms in total. The number of carbonyl (C=O) groups excluding carboxylic acids is 3. The minimum atomic E-state index is -1.76. The number of nitrogens with one attached hydrogen (secondary N) is 1. The molecule has 1 amide bonds. The SMILES string of the molecule is COc1cc(C(=O)NN(Cc2ccc(-c3cc(Cl)ccc3F)cc2)CC(O)C(=O)OC(C)OC(=O)OC2CCCCC2)on1. The van der Waals surface area contributed by atoms with Gasteiger partial charge in [0.1, 0.15) is 11.9 Å². The lowest BCUT2D eigenvalue weighted by atomic mass is 9.98. The first kappa shape index (κ1) is 32.7. The molecule has 0 saturated heterocycles. The second-order valence-electron chi connectivity index (χ2n) is 10.1. The molecule has 0 spiro atoms. The highest BCUT2D eigenvalue weighted by Crippen LogP contribution is 2.27. The molecule has 14 heteroatoms. The van der Waals surface area contributed by atoms with Gasteiger partial charge in [0, 0.05) is 24.1 Å². The van der Waals surface area contributed by atoms with Crippen molar-refractivity contribution in [2.45, 2.75) is 64.1 Å². The lowest BCUT2D eigenvalue weighted by Gasteiger charge is -2.25. The Morgan fingerprint density at radius 2 is 1.84 bits per heavy atom. The Hall–Kier alpha value is -4.20. The highest BCUT2D eigenvalue weighted by molar-refractivity contribution is 6.30. The molecule has 2 atom stereocenters. The molecule has 44 heavy (non-hydrogen) atoms. The second kappa shape index (κ2) is 15.5. The molecule has 0 bridgehead atoms. The first-order valence-electron chi connectivity index (χ1n) is 14.0. The number of hydrogen-bond acceptors (Lipinski definition) is 11. The Balaban J connectivity index is 1.40. The normalized spacial score (nSPS) is 14.9. The summed E-state index contributed by atoms with van der Waals surface area (Å²) in [6.07, 6.45) is 0.159. The minimum Gasteiger partial charge on any atom is -0.479 e. The lowest BCUT2D eigenvalue weighted by Crippen LogP contribution is -2.48. The number of aliphatic hydroxyl groups excluding tert-OH is 1. The molecule has 2 aromatic carbocycles. The molecular formula is C30H33ClFN3O9. The summed E-state index contributed by atoms with van der Waals surface area (Å²) in [7, 11) is 1.35. The fraction of sp³-hybridized carbons (Fsp3) is 0.400. The van der Waals surface area contributed by atoms with Crippen LogP contribution in [0.2, 0.25) is 5.02 Å². The molecule has 0 aliphatic heterocycles. The quantitative estimate of drug-likeness (QED) is 0.157. The van der Waals surface area contributed by atoms with Gasteiger partial charge in [0.15, 0.2) is 6.10 Å². The first-order chi connectivity index (χ1) is 21.1. The van der Waals surface area contributed by atoms with Crippen LogP contribution in [0.3, 0.4) is 0 Å². The summed E-state index contributed by atoms with van der Waals surface area (Å²) in [4.78, 5) is 37.5. The molecule has 1 aliphatic carbocycles. The summed E-state index contributed by atoms with van der Waals surface area (Å²) in [5, 5.41) is 15.9. The standard InChI is InChI=1S/C30H33ClFN3O9/c1-18(42-30(39)43-22-6-4-3-5-7-22)41-29(38)25(36)17-35(33-28(37)26-15-27(40-2)34-44-26)16-19-8-10-20(11-9-19)23-14-21(31)12-13-24(23)32/h8-15,18,22,25,36H,3-7,16-17H2,1-2H3,(H,33,37). The molecule has 0 radical (unpaired) electrons. The number of rotatable bonds is 12. The van der Waals surface area contributed by atoms with Crippen molar-refractivity contribution < 1.29 is 47.4 Å². The number of hydrogen-bond donors (Lipinski definition) is 2. The van der Waals surface area contributed by atoms with E-state index in [4.69, 9.17) is 35.1 Å². The fourth-order valence-corrected chi connectivity index (χ4v) is 4.74. The van der Waals surface area contributed by atoms with Gasteiger partial charge in [-0.3, -0.25) is 10.2 Å². The van der Waals surface area contributed by atoms with Crippen molar-refractivity contribution in [2.24, 2.45) is 0 Å². The van der Waals surface area contributed by atoms with Crippen LogP contribution in [-0.2, 0) is 25.5 Å². The number of aromatic nitrogens is 1. The first-order valence-corrected chi connectivity index (χ1v) is 14.4. The molecule has 1 aliphatic rings. The van der Waals surface area contributed by atoms with Gasteiger partial charge in [-0.15, -0.1) is 0 Å². The van der Waals surface area contributed by atoms with E-state index in [0.29, 0.717) is 21.7 Å². The number of methoxy groups -OCH3 is 1. The predicted molar refractivity (Wildman–Crippen MR) is 154 cm³/mol. The van der Waals surface area contributed by atoms with Gasteiger partial charge in [0.05, 0.1) is 19.7 Å². The Morgan fingerprint density at radius 3 is 2.52 bits per heavy atom. The fourth-order valence-electron chi connectivity index (χ4n) is 4.57. The molecule has 1 heterocycles. The van der Waals surface area contributed by atoms with Crippen molar-refractivity contribution in [1.82, 2.24) is 15.6 Å². The van der Waals surface area contributed by atoms with Crippen molar-refractivity contribution in [3.05, 3.63) is 70.7 Å². The molecule has 236 valence electrons. The summed E-state index contributed by atoms with van der Waals surface area (Å²) in [6, 6.07) is 12.2. The van der Waals surface area contributed by atoms with Gasteiger partial charge in [-0.1, -0.05) is 42.3 Å². The number of halogens is 2. The van der Waals surface area contributed by atoms with Crippen LogP contribution >= 0.6 is 11.6 Å². The Kier molecular flexibility index (Phi) is 11.5. The second-order valence-corrected chi connectivity index (χ2v) is 10.6. The molecule has 1 saturated carbocycles. The number of esters is 1. The third-order valence-electron chi connectivity index (χ3n) is 6.77. The van der Waals surface area contributed by atoms with E-state index in [1.54, 1.807) is 24.3 Å². The number of hydrazine groups is 1. The van der Waals surface area contributed by atoms with Gasteiger partial charge >= 0.3 is 18.0 Å². The molecule has 1 aromatic heterocycles. The van der Waals surface area contributed by atoms with Crippen molar-refractivity contribution in [3.8, 4) is 17.0 Å². The van der Waals surface area contributed by atoms with Crippen LogP contribution in [0.25, 0.3) is 11.1 Å². The van der Waals surface area contributed by atoms with Crippen LogP contribution in [-0.4, -0.2) is 65.5 Å². The molecule has 2 unspecified atom stereocenters. The van der Waals surface area contributed by atoms with E-state index in [0.717, 1.165) is 32.1 Å². The molecule has 3 aromatic rings. The number of carbonyl (C=O) groups is 3. The number of benzene rings is 2. The molecule has 4 rings (SSSR count). The van der Waals surface area contributed by atoms with Gasteiger partial charge in [-0.05, 0) is 60.2 Å².